The van der Waals surface area contributed by atoms with E-state index >= 15 is 0 Å². The summed E-state index contributed by atoms with van der Waals surface area (Å²) in [5.41, 5.74) is 2.04. The number of aromatic nitrogens is 2. The second-order valence-electron chi connectivity index (χ2n) is 5.01. The number of methoxy groups -OCH3 is 1. The highest BCUT2D eigenvalue weighted by Gasteiger charge is 2.10. The molecule has 0 aliphatic carbocycles. The van der Waals surface area contributed by atoms with Crippen LogP contribution in [0, 0.1) is 5.82 Å². The number of fused-ring (bicyclic) bond motifs is 1. The predicted octanol–water partition coefficient (Wildman–Crippen LogP) is 3.80. The molecular formula is C17H12ClFN2O2. The van der Waals surface area contributed by atoms with Crippen LogP contribution in [0.1, 0.15) is 21.6 Å². The van der Waals surface area contributed by atoms with E-state index in [4.69, 9.17) is 11.6 Å². The van der Waals surface area contributed by atoms with Crippen molar-refractivity contribution in [2.45, 2.75) is 6.42 Å². The van der Waals surface area contributed by atoms with Crippen LogP contribution in [0.4, 0.5) is 4.39 Å². The summed E-state index contributed by atoms with van der Waals surface area (Å²) in [5.74, 6) is -0.854. The van der Waals surface area contributed by atoms with Crippen LogP contribution in [0.25, 0.3) is 10.9 Å². The van der Waals surface area contributed by atoms with Crippen molar-refractivity contribution in [1.82, 2.24) is 9.97 Å². The highest BCUT2D eigenvalue weighted by Crippen LogP contribution is 2.22. The Kier molecular flexibility index (Phi) is 4.21. The summed E-state index contributed by atoms with van der Waals surface area (Å²) in [4.78, 5) is 19.8. The third kappa shape index (κ3) is 3.29. The molecule has 0 radical (unpaired) electrons. The number of halogens is 2. The lowest BCUT2D eigenvalue weighted by Crippen LogP contribution is -2.03. The Labute approximate surface area is 136 Å². The quantitative estimate of drug-likeness (QED) is 0.685. The van der Waals surface area contributed by atoms with Crippen LogP contribution in [-0.4, -0.2) is 23.0 Å². The highest BCUT2D eigenvalue weighted by molar-refractivity contribution is 6.31. The molecule has 0 saturated heterocycles. The molecule has 116 valence electrons. The molecule has 6 heteroatoms. The number of hydrogen-bond donors (Lipinski definition) is 0. The first-order valence-electron chi connectivity index (χ1n) is 6.84. The lowest BCUT2D eigenvalue weighted by Gasteiger charge is -2.06. The van der Waals surface area contributed by atoms with Gasteiger partial charge in [-0.2, -0.15) is 0 Å². The summed E-state index contributed by atoms with van der Waals surface area (Å²) in [7, 11) is 1.32. The van der Waals surface area contributed by atoms with E-state index in [9.17, 15) is 9.18 Å². The van der Waals surface area contributed by atoms with Gasteiger partial charge in [0.15, 0.2) is 0 Å². The number of pyridine rings is 2. The molecule has 0 saturated carbocycles. The molecule has 2 aromatic heterocycles. The number of rotatable bonds is 3. The van der Waals surface area contributed by atoms with Crippen LogP contribution in [0.2, 0.25) is 5.02 Å². The van der Waals surface area contributed by atoms with E-state index in [0.29, 0.717) is 33.7 Å². The summed E-state index contributed by atoms with van der Waals surface area (Å²) in [5, 5.41) is 1.07. The minimum atomic E-state index is -0.436. The number of ether oxygens (including phenoxy) is 1. The van der Waals surface area contributed by atoms with Gasteiger partial charge < -0.3 is 4.74 Å². The fraction of sp³-hybridized carbons (Fsp3) is 0.118. The van der Waals surface area contributed by atoms with Crippen molar-refractivity contribution in [3.8, 4) is 0 Å². The van der Waals surface area contributed by atoms with Crippen molar-refractivity contribution in [3.05, 3.63) is 70.4 Å². The Morgan fingerprint density at radius 2 is 2.09 bits per heavy atom. The van der Waals surface area contributed by atoms with Crippen LogP contribution in [0.15, 0.2) is 42.7 Å². The molecule has 0 bridgehead atoms. The summed E-state index contributed by atoms with van der Waals surface area (Å²) < 4.78 is 18.8. The molecule has 0 amide bonds. The molecule has 0 atom stereocenters. The molecule has 0 aliphatic heterocycles. The van der Waals surface area contributed by atoms with E-state index in [2.05, 4.69) is 14.7 Å². The Morgan fingerprint density at radius 1 is 1.26 bits per heavy atom. The third-order valence-corrected chi connectivity index (χ3v) is 3.59. The zero-order valence-electron chi connectivity index (χ0n) is 12.2. The van der Waals surface area contributed by atoms with Gasteiger partial charge in [0, 0.05) is 29.9 Å². The van der Waals surface area contributed by atoms with Crippen molar-refractivity contribution >= 4 is 28.5 Å². The maximum absolute atomic E-state index is 14.1. The monoisotopic (exact) mass is 330 g/mol. The molecule has 3 rings (SSSR count). The number of esters is 1. The maximum Gasteiger partial charge on any atom is 0.337 e. The zero-order chi connectivity index (χ0) is 16.4. The normalized spacial score (nSPS) is 10.7. The molecule has 1 aromatic carbocycles. The second-order valence-corrected chi connectivity index (χ2v) is 5.44. The highest BCUT2D eigenvalue weighted by atomic mass is 35.5. The van der Waals surface area contributed by atoms with E-state index in [1.165, 1.54) is 25.6 Å². The fourth-order valence-electron chi connectivity index (χ4n) is 2.37. The van der Waals surface area contributed by atoms with E-state index < -0.39 is 11.8 Å². The number of hydrogen-bond acceptors (Lipinski definition) is 4. The summed E-state index contributed by atoms with van der Waals surface area (Å²) in [6, 6.07) is 8.08. The predicted molar refractivity (Wildman–Crippen MR) is 85.1 cm³/mol. The van der Waals surface area contributed by atoms with Gasteiger partial charge in [0.25, 0.3) is 0 Å². The first-order valence-corrected chi connectivity index (χ1v) is 7.21. The summed E-state index contributed by atoms with van der Waals surface area (Å²) >= 11 is 5.91. The average Bonchev–Trinajstić information content (AvgIpc) is 2.54. The molecule has 3 aromatic rings. The van der Waals surface area contributed by atoms with E-state index in [0.717, 1.165) is 0 Å². The van der Waals surface area contributed by atoms with Crippen molar-refractivity contribution in [2.24, 2.45) is 0 Å². The van der Waals surface area contributed by atoms with Crippen molar-refractivity contribution < 1.29 is 13.9 Å². The number of benzene rings is 1. The van der Waals surface area contributed by atoms with Crippen molar-refractivity contribution in [1.29, 1.82) is 0 Å². The first-order chi connectivity index (χ1) is 11.1. The van der Waals surface area contributed by atoms with E-state index in [1.54, 1.807) is 18.2 Å². The van der Waals surface area contributed by atoms with Gasteiger partial charge in [-0.25, -0.2) is 9.18 Å². The average molecular weight is 331 g/mol. The van der Waals surface area contributed by atoms with Gasteiger partial charge in [0.1, 0.15) is 11.3 Å². The van der Waals surface area contributed by atoms with Gasteiger partial charge in [-0.15, -0.1) is 0 Å². The first kappa shape index (κ1) is 15.4. The van der Waals surface area contributed by atoms with Crippen LogP contribution in [0.5, 0.6) is 0 Å². The largest absolute Gasteiger partial charge is 0.465 e. The zero-order valence-corrected chi connectivity index (χ0v) is 13.0. The van der Waals surface area contributed by atoms with E-state index in [1.807, 2.05) is 6.07 Å². The Morgan fingerprint density at radius 3 is 2.87 bits per heavy atom. The smallest absolute Gasteiger partial charge is 0.337 e. The summed E-state index contributed by atoms with van der Waals surface area (Å²) in [6.45, 7) is 0. The van der Waals surface area contributed by atoms with Crippen LogP contribution >= 0.6 is 11.6 Å². The minimum Gasteiger partial charge on any atom is -0.465 e. The number of carbonyl (C=O) groups excluding carboxylic acids is 1. The topological polar surface area (TPSA) is 52.1 Å². The van der Waals surface area contributed by atoms with Gasteiger partial charge >= 0.3 is 5.97 Å². The molecular weight excluding hydrogens is 319 g/mol. The van der Waals surface area contributed by atoms with Crippen LogP contribution < -0.4 is 0 Å². The SMILES string of the molecule is COC(=O)c1ccnc(Cc2cc(F)c3ncc(Cl)cc3c2)c1. The summed E-state index contributed by atoms with van der Waals surface area (Å²) in [6.07, 6.45) is 3.32. The standard InChI is InChI=1S/C17H12ClFN2O2/c1-23-17(22)11-2-3-20-14(8-11)5-10-4-12-7-13(18)9-21-16(12)15(19)6-10/h2-4,6-9H,5H2,1H3. The van der Waals surface area contributed by atoms with Crippen LogP contribution in [0.3, 0.4) is 0 Å². The minimum absolute atomic E-state index is 0.273. The Bertz CT molecular complexity index is 899. The molecule has 0 N–H and O–H groups in total. The van der Waals surface area contributed by atoms with Crippen molar-refractivity contribution in [3.63, 3.8) is 0 Å². The van der Waals surface area contributed by atoms with Gasteiger partial charge in [0.05, 0.1) is 17.7 Å². The van der Waals surface area contributed by atoms with Gasteiger partial charge in [-0.1, -0.05) is 11.6 Å². The van der Waals surface area contributed by atoms with Gasteiger partial charge in [-0.3, -0.25) is 9.97 Å². The van der Waals surface area contributed by atoms with Gasteiger partial charge in [-0.05, 0) is 35.9 Å². The molecule has 0 fully saturated rings. The maximum atomic E-state index is 14.1. The number of carbonyl (C=O) groups is 1. The lowest BCUT2D eigenvalue weighted by atomic mass is 10.0. The van der Waals surface area contributed by atoms with Gasteiger partial charge in [0.2, 0.25) is 0 Å². The lowest BCUT2D eigenvalue weighted by molar-refractivity contribution is 0.0600. The Hall–Kier alpha value is -2.53. The fourth-order valence-corrected chi connectivity index (χ4v) is 2.53. The van der Waals surface area contributed by atoms with Crippen LogP contribution in [-0.2, 0) is 11.2 Å². The number of nitrogens with zero attached hydrogens (tertiary/aromatic N) is 2. The molecule has 2 heterocycles. The molecule has 0 unspecified atom stereocenters. The van der Waals surface area contributed by atoms with E-state index in [-0.39, 0.29) is 5.52 Å². The Balaban J connectivity index is 1.97. The second kappa shape index (κ2) is 6.30. The molecule has 0 spiro atoms. The molecule has 0 aliphatic rings. The van der Waals surface area contributed by atoms with Crippen molar-refractivity contribution in [2.75, 3.05) is 7.11 Å². The third-order valence-electron chi connectivity index (χ3n) is 3.39. The molecule has 23 heavy (non-hydrogen) atoms. The molecule has 4 nitrogen and oxygen atoms in total.